The Bertz CT molecular complexity index is 332. The Kier molecular flexibility index (Phi) is 7.28. The van der Waals surface area contributed by atoms with Gasteiger partial charge in [0.05, 0.1) is 6.04 Å². The number of primary amides is 1. The molecule has 0 aromatic rings. The van der Waals surface area contributed by atoms with Crippen molar-refractivity contribution in [1.29, 1.82) is 0 Å². The first-order valence-corrected chi connectivity index (χ1v) is 4.78. The monoisotopic (exact) mass is 238 g/mol. The predicted molar refractivity (Wildman–Crippen MR) is 60.3 cm³/mol. The number of nitrogens with two attached hydrogens (primary N) is 1. The number of nitrogens with one attached hydrogen (secondary N) is 1. The van der Waals surface area contributed by atoms with E-state index in [0.717, 1.165) is 7.55 Å². The van der Waals surface area contributed by atoms with E-state index in [2.05, 4.69) is 5.23 Å². The number of imide groups is 1. The Hall–Kier alpha value is -1.96. The maximum absolute atomic E-state index is 11.3. The highest BCUT2D eigenvalue weighted by Gasteiger charge is 2.16. The molecule has 0 bridgehead atoms. The summed E-state index contributed by atoms with van der Waals surface area (Å²) in [6, 6.07) is -0.867. The summed E-state index contributed by atoms with van der Waals surface area (Å²) in [4.78, 5) is 43.6. The summed E-state index contributed by atoms with van der Waals surface area (Å²) in [5.41, 5.74) is 4.90. The Morgan fingerprint density at radius 2 is 2.12 bits per heavy atom. The first-order chi connectivity index (χ1) is 8.04. The summed E-state index contributed by atoms with van der Waals surface area (Å²) in [5.74, 6) is -1.24. The van der Waals surface area contributed by atoms with Crippen LogP contribution in [0.15, 0.2) is 12.2 Å². The molecule has 3 N–H and O–H groups in total. The van der Waals surface area contributed by atoms with Crippen LogP contribution in [0.4, 0.5) is 0 Å². The second-order valence-corrected chi connectivity index (χ2v) is 3.06. The van der Waals surface area contributed by atoms with Crippen LogP contribution in [0.2, 0.25) is 0 Å². The molecule has 1 radical (unpaired) electrons. The summed E-state index contributed by atoms with van der Waals surface area (Å²) >= 11 is 0. The van der Waals surface area contributed by atoms with E-state index in [-0.39, 0.29) is 12.8 Å². The molecule has 0 saturated heterocycles. The molecule has 0 saturated carbocycles. The van der Waals surface area contributed by atoms with E-state index in [9.17, 15) is 19.2 Å². The molecule has 3 amide bonds. The van der Waals surface area contributed by atoms with Crippen molar-refractivity contribution in [2.45, 2.75) is 19.4 Å². The van der Waals surface area contributed by atoms with Crippen molar-refractivity contribution in [3.8, 4) is 0 Å². The van der Waals surface area contributed by atoms with E-state index in [1.807, 2.05) is 0 Å². The summed E-state index contributed by atoms with van der Waals surface area (Å²) in [7, 11) is 1.01. The minimum atomic E-state index is -0.867. The van der Waals surface area contributed by atoms with Crippen molar-refractivity contribution in [3.63, 3.8) is 0 Å². The normalized spacial score (nSPS) is 11.8. The number of hydrogen-bond donors (Lipinski definition) is 2. The molecule has 0 spiro atoms. The standard InChI is InChI=1S/C9H13BN3O4/c1-2-3-9(17)13(6-15)10-12-7(5-14)4-8(11)16/h2-3,5-7,12H,4H2,1H3,(H2,11,16)/b3-2-. The lowest BCUT2D eigenvalue weighted by molar-refractivity contribution is -0.129. The van der Waals surface area contributed by atoms with Crippen LogP contribution in [0.5, 0.6) is 0 Å². The number of amides is 3. The van der Waals surface area contributed by atoms with Crippen molar-refractivity contribution < 1.29 is 19.2 Å². The van der Waals surface area contributed by atoms with Gasteiger partial charge < -0.3 is 20.6 Å². The van der Waals surface area contributed by atoms with Crippen molar-refractivity contribution in [2.24, 2.45) is 5.73 Å². The Balaban J connectivity index is 4.29. The fourth-order valence-corrected chi connectivity index (χ4v) is 0.914. The predicted octanol–water partition coefficient (Wildman–Crippen LogP) is -1.89. The van der Waals surface area contributed by atoms with Crippen LogP contribution >= 0.6 is 0 Å². The van der Waals surface area contributed by atoms with Gasteiger partial charge in [0.15, 0.2) is 0 Å². The van der Waals surface area contributed by atoms with Gasteiger partial charge in [-0.05, 0) is 13.0 Å². The fraction of sp³-hybridized carbons (Fsp3) is 0.333. The van der Waals surface area contributed by atoms with Gasteiger partial charge >= 0.3 is 7.55 Å². The van der Waals surface area contributed by atoms with Crippen LogP contribution in [-0.2, 0) is 19.2 Å². The number of aldehydes is 1. The lowest BCUT2D eigenvalue weighted by Gasteiger charge is -2.15. The average molecular weight is 238 g/mol. The minimum Gasteiger partial charge on any atom is -0.370 e. The van der Waals surface area contributed by atoms with Gasteiger partial charge in [-0.2, -0.15) is 0 Å². The second-order valence-electron chi connectivity index (χ2n) is 3.06. The molecule has 0 aliphatic carbocycles. The quantitative estimate of drug-likeness (QED) is 0.292. The third-order valence-corrected chi connectivity index (χ3v) is 1.69. The van der Waals surface area contributed by atoms with Crippen LogP contribution < -0.4 is 11.0 Å². The maximum atomic E-state index is 11.3. The first-order valence-electron chi connectivity index (χ1n) is 4.78. The SMILES string of the molecule is C/C=C\C(=O)N([B]NC(C=O)CC(N)=O)C=O. The average Bonchev–Trinajstić information content (AvgIpc) is 2.28. The van der Waals surface area contributed by atoms with Crippen LogP contribution in [0.25, 0.3) is 0 Å². The largest absolute Gasteiger partial charge is 0.370 e. The number of rotatable bonds is 8. The second kappa shape index (κ2) is 8.23. The third kappa shape index (κ3) is 6.26. The van der Waals surface area contributed by atoms with E-state index < -0.39 is 17.9 Å². The number of nitrogens with zero attached hydrogens (tertiary/aromatic N) is 1. The maximum Gasteiger partial charge on any atom is 0.360 e. The molecule has 8 heteroatoms. The zero-order valence-electron chi connectivity index (χ0n) is 9.33. The molecule has 1 atom stereocenters. The van der Waals surface area contributed by atoms with Gasteiger partial charge in [0, 0.05) is 6.42 Å². The van der Waals surface area contributed by atoms with E-state index in [0.29, 0.717) is 11.1 Å². The van der Waals surface area contributed by atoms with Crippen LogP contribution in [-0.4, -0.2) is 42.9 Å². The van der Waals surface area contributed by atoms with Gasteiger partial charge in [0.1, 0.15) is 6.29 Å². The van der Waals surface area contributed by atoms with Crippen LogP contribution in [0.3, 0.4) is 0 Å². The summed E-state index contributed by atoms with van der Waals surface area (Å²) in [6.07, 6.45) is 3.17. The molecule has 0 aromatic carbocycles. The van der Waals surface area contributed by atoms with Gasteiger partial charge in [-0.3, -0.25) is 14.4 Å². The Labute approximate surface area is 99.3 Å². The number of hydrogen-bond acceptors (Lipinski definition) is 5. The van der Waals surface area contributed by atoms with Crippen molar-refractivity contribution in [3.05, 3.63) is 12.2 Å². The highest BCUT2D eigenvalue weighted by molar-refractivity contribution is 6.39. The van der Waals surface area contributed by atoms with Crippen molar-refractivity contribution >= 4 is 32.1 Å². The summed E-state index contributed by atoms with van der Waals surface area (Å²) in [6.45, 7) is 1.62. The molecule has 7 nitrogen and oxygen atoms in total. The molecule has 1 unspecified atom stereocenters. The molecule has 17 heavy (non-hydrogen) atoms. The molecule has 91 valence electrons. The fourth-order valence-electron chi connectivity index (χ4n) is 0.914. The van der Waals surface area contributed by atoms with E-state index in [1.54, 1.807) is 6.92 Å². The minimum absolute atomic E-state index is 0.218. The molecular weight excluding hydrogens is 225 g/mol. The zero-order valence-corrected chi connectivity index (χ0v) is 9.33. The van der Waals surface area contributed by atoms with Crippen molar-refractivity contribution in [2.75, 3.05) is 0 Å². The third-order valence-electron chi connectivity index (χ3n) is 1.69. The number of carbonyl (C=O) groups is 4. The Morgan fingerprint density at radius 3 is 2.53 bits per heavy atom. The molecule has 0 heterocycles. The molecule has 0 fully saturated rings. The lowest BCUT2D eigenvalue weighted by Crippen LogP contribution is -2.46. The van der Waals surface area contributed by atoms with Gasteiger partial charge in [-0.25, -0.2) is 0 Å². The highest BCUT2D eigenvalue weighted by atomic mass is 16.2. The van der Waals surface area contributed by atoms with Crippen LogP contribution in [0, 0.1) is 0 Å². The summed E-state index contributed by atoms with van der Waals surface area (Å²) in [5, 5.41) is 2.44. The lowest BCUT2D eigenvalue weighted by atomic mass is 10.0. The van der Waals surface area contributed by atoms with Gasteiger partial charge in [0.25, 0.3) is 0 Å². The van der Waals surface area contributed by atoms with Crippen LogP contribution in [0.1, 0.15) is 13.3 Å². The molecular formula is C9H13BN3O4. The van der Waals surface area contributed by atoms with Gasteiger partial charge in [-0.1, -0.05) is 6.08 Å². The molecule has 0 rings (SSSR count). The van der Waals surface area contributed by atoms with Gasteiger partial charge in [-0.15, -0.1) is 0 Å². The number of carbonyl (C=O) groups excluding carboxylic acids is 4. The topological polar surface area (TPSA) is 110 Å². The highest BCUT2D eigenvalue weighted by Crippen LogP contribution is 1.89. The Morgan fingerprint density at radius 1 is 1.47 bits per heavy atom. The van der Waals surface area contributed by atoms with Gasteiger partial charge in [0.2, 0.25) is 18.2 Å². The number of allylic oxidation sites excluding steroid dienone is 1. The zero-order chi connectivity index (χ0) is 13.3. The van der Waals surface area contributed by atoms with E-state index >= 15 is 0 Å². The molecule has 0 aromatic heterocycles. The first kappa shape index (κ1) is 15.0. The smallest absolute Gasteiger partial charge is 0.360 e. The molecule has 0 aliphatic heterocycles. The van der Waals surface area contributed by atoms with E-state index in [1.165, 1.54) is 12.2 Å². The van der Waals surface area contributed by atoms with E-state index in [4.69, 9.17) is 5.73 Å². The van der Waals surface area contributed by atoms with Crippen molar-refractivity contribution in [1.82, 2.24) is 10.0 Å². The summed E-state index contributed by atoms with van der Waals surface area (Å²) < 4.78 is 0. The molecule has 0 aliphatic rings.